The van der Waals surface area contributed by atoms with Gasteiger partial charge >= 0.3 is 5.97 Å². The van der Waals surface area contributed by atoms with Gasteiger partial charge < -0.3 is 10.0 Å². The number of benzene rings is 1. The molecule has 7 heteroatoms. The van der Waals surface area contributed by atoms with Crippen LogP contribution in [0.3, 0.4) is 0 Å². The molecule has 0 bridgehead atoms. The van der Waals surface area contributed by atoms with E-state index in [0.717, 1.165) is 19.1 Å². The highest BCUT2D eigenvalue weighted by Crippen LogP contribution is 2.21. The Morgan fingerprint density at radius 2 is 2.00 bits per heavy atom. The molecule has 1 heterocycles. The molecule has 1 atom stereocenters. The van der Waals surface area contributed by atoms with E-state index in [1.54, 1.807) is 0 Å². The third-order valence-electron chi connectivity index (χ3n) is 3.56. The van der Waals surface area contributed by atoms with Gasteiger partial charge in [0.15, 0.2) is 9.84 Å². The molecule has 0 aromatic heterocycles. The van der Waals surface area contributed by atoms with E-state index >= 15 is 0 Å². The van der Waals surface area contributed by atoms with E-state index in [-0.39, 0.29) is 10.5 Å². The standard InChI is InChI=1S/C14H17NO5S/c1-21(19,20)11-6-4-5-10(9-11)13(16)15-8-3-2-7-12(15)14(17)18/h4-6,9,12H,2-3,7-8H2,1H3,(H,17,18)/t12-/m1/s1. The summed E-state index contributed by atoms with van der Waals surface area (Å²) >= 11 is 0. The highest BCUT2D eigenvalue weighted by Gasteiger charge is 2.32. The van der Waals surface area contributed by atoms with Crippen LogP contribution in [0.5, 0.6) is 0 Å². The molecule has 114 valence electrons. The highest BCUT2D eigenvalue weighted by molar-refractivity contribution is 7.90. The normalized spacial score (nSPS) is 19.3. The van der Waals surface area contributed by atoms with Gasteiger partial charge in [-0.3, -0.25) is 4.79 Å². The maximum Gasteiger partial charge on any atom is 0.326 e. The summed E-state index contributed by atoms with van der Waals surface area (Å²) in [5.74, 6) is -1.46. The van der Waals surface area contributed by atoms with Crippen LogP contribution in [-0.2, 0) is 14.6 Å². The van der Waals surface area contributed by atoms with Crippen LogP contribution in [0.2, 0.25) is 0 Å². The average Bonchev–Trinajstić information content (AvgIpc) is 2.45. The summed E-state index contributed by atoms with van der Waals surface area (Å²) in [6.07, 6.45) is 3.01. The molecule has 1 aromatic rings. The predicted octanol–water partition coefficient (Wildman–Crippen LogP) is 1.17. The summed E-state index contributed by atoms with van der Waals surface area (Å²) < 4.78 is 23.1. The second-order valence-electron chi connectivity index (χ2n) is 5.15. The Morgan fingerprint density at radius 3 is 2.62 bits per heavy atom. The lowest BCUT2D eigenvalue weighted by molar-refractivity contribution is -0.143. The maximum absolute atomic E-state index is 12.5. The van der Waals surface area contributed by atoms with E-state index < -0.39 is 27.8 Å². The Hall–Kier alpha value is -1.89. The molecule has 0 saturated carbocycles. The lowest BCUT2D eigenvalue weighted by Gasteiger charge is -2.33. The number of likely N-dealkylation sites (tertiary alicyclic amines) is 1. The molecule has 0 spiro atoms. The SMILES string of the molecule is CS(=O)(=O)c1cccc(C(=O)N2CCCC[C@@H]2C(=O)O)c1. The van der Waals surface area contributed by atoms with Gasteiger partial charge in [-0.25, -0.2) is 13.2 Å². The van der Waals surface area contributed by atoms with Crippen LogP contribution in [-0.4, -0.2) is 49.1 Å². The topological polar surface area (TPSA) is 91.8 Å². The minimum absolute atomic E-state index is 0.0530. The number of aliphatic carboxylic acids is 1. The van der Waals surface area contributed by atoms with Crippen molar-refractivity contribution in [1.82, 2.24) is 4.90 Å². The molecule has 2 rings (SSSR count). The summed E-state index contributed by atoms with van der Waals surface area (Å²) in [4.78, 5) is 25.1. The van der Waals surface area contributed by atoms with Crippen molar-refractivity contribution in [3.8, 4) is 0 Å². The van der Waals surface area contributed by atoms with Gasteiger partial charge in [-0.2, -0.15) is 0 Å². The van der Waals surface area contributed by atoms with Crippen LogP contribution < -0.4 is 0 Å². The molecular formula is C14H17NO5S. The zero-order chi connectivity index (χ0) is 15.6. The maximum atomic E-state index is 12.5. The van der Waals surface area contributed by atoms with Crippen LogP contribution >= 0.6 is 0 Å². The number of carbonyl (C=O) groups is 2. The molecule has 1 fully saturated rings. The summed E-state index contributed by atoms with van der Waals surface area (Å²) in [6.45, 7) is 0.374. The van der Waals surface area contributed by atoms with E-state index in [4.69, 9.17) is 0 Å². The van der Waals surface area contributed by atoms with Crippen molar-refractivity contribution in [3.05, 3.63) is 29.8 Å². The van der Waals surface area contributed by atoms with Crippen molar-refractivity contribution in [2.24, 2.45) is 0 Å². The number of amides is 1. The first-order valence-electron chi connectivity index (χ1n) is 6.64. The van der Waals surface area contributed by atoms with Gasteiger partial charge in [-0.1, -0.05) is 6.07 Å². The van der Waals surface area contributed by atoms with Crippen LogP contribution in [0.4, 0.5) is 0 Å². The molecule has 21 heavy (non-hydrogen) atoms. The lowest BCUT2D eigenvalue weighted by atomic mass is 10.0. The lowest BCUT2D eigenvalue weighted by Crippen LogP contribution is -2.48. The fraction of sp³-hybridized carbons (Fsp3) is 0.429. The van der Waals surface area contributed by atoms with Gasteiger partial charge in [0.25, 0.3) is 5.91 Å². The molecule has 1 saturated heterocycles. The zero-order valence-electron chi connectivity index (χ0n) is 11.7. The van der Waals surface area contributed by atoms with Crippen molar-refractivity contribution in [3.63, 3.8) is 0 Å². The summed E-state index contributed by atoms with van der Waals surface area (Å²) in [5.41, 5.74) is 0.200. The minimum atomic E-state index is -3.41. The Kier molecular flexibility index (Phi) is 4.32. The first kappa shape index (κ1) is 15.5. The smallest absolute Gasteiger partial charge is 0.326 e. The van der Waals surface area contributed by atoms with Gasteiger partial charge in [0.05, 0.1) is 4.90 Å². The zero-order valence-corrected chi connectivity index (χ0v) is 12.5. The average molecular weight is 311 g/mol. The van der Waals surface area contributed by atoms with Gasteiger partial charge in [-0.05, 0) is 37.5 Å². The van der Waals surface area contributed by atoms with E-state index in [9.17, 15) is 23.1 Å². The number of rotatable bonds is 3. The molecule has 6 nitrogen and oxygen atoms in total. The summed E-state index contributed by atoms with van der Waals surface area (Å²) in [6, 6.07) is 4.86. The Morgan fingerprint density at radius 1 is 1.29 bits per heavy atom. The Balaban J connectivity index is 2.33. The van der Waals surface area contributed by atoms with Gasteiger partial charge in [-0.15, -0.1) is 0 Å². The van der Waals surface area contributed by atoms with Crippen molar-refractivity contribution in [2.75, 3.05) is 12.8 Å². The van der Waals surface area contributed by atoms with Crippen LogP contribution in [0.15, 0.2) is 29.2 Å². The number of hydrogen-bond acceptors (Lipinski definition) is 4. The summed E-state index contributed by atoms with van der Waals surface area (Å²) in [5, 5.41) is 9.20. The number of piperidine rings is 1. The third-order valence-corrected chi connectivity index (χ3v) is 4.67. The van der Waals surface area contributed by atoms with E-state index in [1.807, 2.05) is 0 Å². The fourth-order valence-corrected chi connectivity index (χ4v) is 3.12. The van der Waals surface area contributed by atoms with Crippen LogP contribution in [0.1, 0.15) is 29.6 Å². The third kappa shape index (κ3) is 3.41. The molecule has 1 aliphatic heterocycles. The molecule has 1 aromatic carbocycles. The van der Waals surface area contributed by atoms with E-state index in [2.05, 4.69) is 0 Å². The largest absolute Gasteiger partial charge is 0.480 e. The molecule has 0 aliphatic carbocycles. The summed E-state index contributed by atoms with van der Waals surface area (Å²) in [7, 11) is -3.41. The number of carboxylic acid groups (broad SMARTS) is 1. The van der Waals surface area contributed by atoms with Crippen molar-refractivity contribution < 1.29 is 23.1 Å². The second-order valence-corrected chi connectivity index (χ2v) is 7.16. The van der Waals surface area contributed by atoms with Crippen LogP contribution in [0, 0.1) is 0 Å². The first-order chi connectivity index (χ1) is 9.80. The number of carboxylic acids is 1. The van der Waals surface area contributed by atoms with Crippen LogP contribution in [0.25, 0.3) is 0 Å². The molecule has 1 aliphatic rings. The molecule has 1 amide bonds. The number of hydrogen-bond donors (Lipinski definition) is 1. The molecule has 1 N–H and O–H groups in total. The van der Waals surface area contributed by atoms with Gasteiger partial charge in [0, 0.05) is 18.4 Å². The van der Waals surface area contributed by atoms with E-state index in [0.29, 0.717) is 13.0 Å². The molecule has 0 radical (unpaired) electrons. The van der Waals surface area contributed by atoms with Gasteiger partial charge in [0.1, 0.15) is 6.04 Å². The second kappa shape index (κ2) is 5.85. The van der Waals surface area contributed by atoms with Crippen molar-refractivity contribution >= 4 is 21.7 Å². The van der Waals surface area contributed by atoms with Crippen molar-refractivity contribution in [2.45, 2.75) is 30.2 Å². The number of sulfone groups is 1. The van der Waals surface area contributed by atoms with Gasteiger partial charge in [0.2, 0.25) is 0 Å². The number of carbonyl (C=O) groups excluding carboxylic acids is 1. The Bertz CT molecular complexity index is 668. The van der Waals surface area contributed by atoms with E-state index in [1.165, 1.54) is 29.2 Å². The minimum Gasteiger partial charge on any atom is -0.480 e. The Labute approximate surface area is 123 Å². The monoisotopic (exact) mass is 311 g/mol. The molecule has 0 unspecified atom stereocenters. The quantitative estimate of drug-likeness (QED) is 0.904. The number of nitrogens with zero attached hydrogens (tertiary/aromatic N) is 1. The highest BCUT2D eigenvalue weighted by atomic mass is 32.2. The first-order valence-corrected chi connectivity index (χ1v) is 8.54. The molecular weight excluding hydrogens is 294 g/mol. The fourth-order valence-electron chi connectivity index (χ4n) is 2.46. The predicted molar refractivity (Wildman–Crippen MR) is 75.9 cm³/mol. The van der Waals surface area contributed by atoms with Crippen molar-refractivity contribution in [1.29, 1.82) is 0 Å².